The lowest BCUT2D eigenvalue weighted by atomic mass is 10.1. The highest BCUT2D eigenvalue weighted by Gasteiger charge is 2.24. The number of carbonyl (C=O) groups excluding carboxylic acids is 2. The number of thiol groups is 1. The zero-order chi connectivity index (χ0) is 14.1. The standard InChI is InChI=1S/C11H20N2O4S/c1-3-4-5-8(12-7(2)14)10(15)13-9(6-18)11(16)17/h8-9,18H,3-6H2,1-2H3,(H,12,14)(H,13,15)(H,16,17)/t8-,9+/m0/s1. The van der Waals surface area contributed by atoms with E-state index in [2.05, 4.69) is 23.3 Å². The average Bonchev–Trinajstić information content (AvgIpc) is 2.30. The Labute approximate surface area is 112 Å². The molecule has 0 aromatic rings. The summed E-state index contributed by atoms with van der Waals surface area (Å²) in [6, 6.07) is -1.73. The molecule has 0 aliphatic heterocycles. The molecule has 0 bridgehead atoms. The fourth-order valence-corrected chi connectivity index (χ4v) is 1.63. The molecule has 2 atom stereocenters. The van der Waals surface area contributed by atoms with Crippen molar-refractivity contribution in [3.63, 3.8) is 0 Å². The lowest BCUT2D eigenvalue weighted by Crippen LogP contribution is -2.51. The van der Waals surface area contributed by atoms with Crippen LogP contribution in [0, 0.1) is 0 Å². The van der Waals surface area contributed by atoms with E-state index >= 15 is 0 Å². The van der Waals surface area contributed by atoms with Gasteiger partial charge in [-0.2, -0.15) is 12.6 Å². The van der Waals surface area contributed by atoms with E-state index in [0.29, 0.717) is 6.42 Å². The molecule has 0 saturated heterocycles. The van der Waals surface area contributed by atoms with Crippen LogP contribution in [0.2, 0.25) is 0 Å². The number of amides is 2. The van der Waals surface area contributed by atoms with Gasteiger partial charge in [-0.15, -0.1) is 0 Å². The van der Waals surface area contributed by atoms with Gasteiger partial charge in [0.15, 0.2) is 0 Å². The molecule has 0 unspecified atom stereocenters. The van der Waals surface area contributed by atoms with Gasteiger partial charge in [-0.3, -0.25) is 9.59 Å². The summed E-state index contributed by atoms with van der Waals surface area (Å²) in [5, 5.41) is 13.7. The first kappa shape index (κ1) is 16.8. The van der Waals surface area contributed by atoms with Crippen LogP contribution in [0.4, 0.5) is 0 Å². The van der Waals surface area contributed by atoms with Crippen LogP contribution in [0.5, 0.6) is 0 Å². The van der Waals surface area contributed by atoms with Crippen LogP contribution in [-0.4, -0.2) is 40.7 Å². The molecule has 0 aromatic carbocycles. The number of carboxylic acids is 1. The van der Waals surface area contributed by atoms with Crippen molar-refractivity contribution in [1.29, 1.82) is 0 Å². The van der Waals surface area contributed by atoms with Crippen LogP contribution in [0.3, 0.4) is 0 Å². The minimum Gasteiger partial charge on any atom is -0.480 e. The smallest absolute Gasteiger partial charge is 0.327 e. The fourth-order valence-electron chi connectivity index (χ4n) is 1.38. The van der Waals surface area contributed by atoms with Crippen molar-refractivity contribution in [1.82, 2.24) is 10.6 Å². The number of unbranched alkanes of at least 4 members (excludes halogenated alkanes) is 1. The van der Waals surface area contributed by atoms with Crippen molar-refractivity contribution >= 4 is 30.4 Å². The number of hydrogen-bond acceptors (Lipinski definition) is 4. The topological polar surface area (TPSA) is 95.5 Å². The Hall–Kier alpha value is -1.24. The third kappa shape index (κ3) is 6.48. The summed E-state index contributed by atoms with van der Waals surface area (Å²) in [6.07, 6.45) is 2.15. The first-order chi connectivity index (χ1) is 8.42. The van der Waals surface area contributed by atoms with Crippen molar-refractivity contribution < 1.29 is 19.5 Å². The Morgan fingerprint density at radius 1 is 1.22 bits per heavy atom. The van der Waals surface area contributed by atoms with Crippen molar-refractivity contribution in [2.45, 2.75) is 45.2 Å². The second kappa shape index (κ2) is 8.79. The van der Waals surface area contributed by atoms with Gasteiger partial charge < -0.3 is 15.7 Å². The van der Waals surface area contributed by atoms with E-state index in [1.165, 1.54) is 6.92 Å². The molecule has 6 nitrogen and oxygen atoms in total. The zero-order valence-corrected chi connectivity index (χ0v) is 11.5. The summed E-state index contributed by atoms with van der Waals surface area (Å²) in [5.41, 5.74) is 0. The SMILES string of the molecule is CCCC[C@H](NC(C)=O)C(=O)N[C@H](CS)C(=O)O. The Balaban J connectivity index is 4.52. The lowest BCUT2D eigenvalue weighted by molar-refractivity contribution is -0.141. The van der Waals surface area contributed by atoms with E-state index in [-0.39, 0.29) is 11.7 Å². The number of hydrogen-bond donors (Lipinski definition) is 4. The van der Waals surface area contributed by atoms with Gasteiger partial charge in [-0.1, -0.05) is 19.8 Å². The van der Waals surface area contributed by atoms with Crippen LogP contribution in [-0.2, 0) is 14.4 Å². The average molecular weight is 276 g/mol. The van der Waals surface area contributed by atoms with Gasteiger partial charge in [0.25, 0.3) is 0 Å². The quantitative estimate of drug-likeness (QED) is 0.476. The largest absolute Gasteiger partial charge is 0.480 e. The maximum atomic E-state index is 11.8. The van der Waals surface area contributed by atoms with E-state index in [4.69, 9.17) is 5.11 Å². The number of rotatable bonds is 8. The van der Waals surface area contributed by atoms with Crippen molar-refractivity contribution in [2.24, 2.45) is 0 Å². The molecular weight excluding hydrogens is 256 g/mol. The van der Waals surface area contributed by atoms with E-state index in [1.54, 1.807) is 0 Å². The van der Waals surface area contributed by atoms with E-state index < -0.39 is 24.0 Å². The molecule has 3 N–H and O–H groups in total. The van der Waals surface area contributed by atoms with Gasteiger partial charge in [-0.05, 0) is 6.42 Å². The van der Waals surface area contributed by atoms with Crippen LogP contribution >= 0.6 is 12.6 Å². The van der Waals surface area contributed by atoms with E-state index in [1.807, 2.05) is 6.92 Å². The predicted molar refractivity (Wildman–Crippen MR) is 70.5 cm³/mol. The van der Waals surface area contributed by atoms with Gasteiger partial charge in [0.05, 0.1) is 0 Å². The van der Waals surface area contributed by atoms with Gasteiger partial charge in [0.2, 0.25) is 11.8 Å². The maximum absolute atomic E-state index is 11.8. The molecule has 0 fully saturated rings. The minimum absolute atomic E-state index is 0.00163. The van der Waals surface area contributed by atoms with Gasteiger partial charge >= 0.3 is 5.97 Å². The lowest BCUT2D eigenvalue weighted by Gasteiger charge is -2.19. The highest BCUT2D eigenvalue weighted by atomic mass is 32.1. The normalized spacial score (nSPS) is 13.5. The minimum atomic E-state index is -1.14. The molecule has 104 valence electrons. The maximum Gasteiger partial charge on any atom is 0.327 e. The van der Waals surface area contributed by atoms with Crippen LogP contribution in [0.15, 0.2) is 0 Å². The highest BCUT2D eigenvalue weighted by molar-refractivity contribution is 7.80. The molecule has 0 rings (SSSR count). The molecule has 0 aliphatic carbocycles. The molecule has 7 heteroatoms. The van der Waals surface area contributed by atoms with E-state index in [0.717, 1.165) is 12.8 Å². The third-order valence-electron chi connectivity index (χ3n) is 2.34. The predicted octanol–water partition coefficient (Wildman–Crippen LogP) is 0.181. The van der Waals surface area contributed by atoms with Crippen molar-refractivity contribution in [3.8, 4) is 0 Å². The summed E-state index contributed by atoms with van der Waals surface area (Å²) in [7, 11) is 0. The zero-order valence-electron chi connectivity index (χ0n) is 10.6. The molecule has 0 aliphatic rings. The third-order valence-corrected chi connectivity index (χ3v) is 2.70. The molecule has 2 amide bonds. The highest BCUT2D eigenvalue weighted by Crippen LogP contribution is 2.02. The first-order valence-electron chi connectivity index (χ1n) is 5.83. The van der Waals surface area contributed by atoms with Gasteiger partial charge in [-0.25, -0.2) is 4.79 Å². The van der Waals surface area contributed by atoms with Gasteiger partial charge in [0.1, 0.15) is 12.1 Å². The van der Waals surface area contributed by atoms with Crippen LogP contribution in [0.25, 0.3) is 0 Å². The Kier molecular flexibility index (Phi) is 8.19. The summed E-state index contributed by atoms with van der Waals surface area (Å²) in [4.78, 5) is 33.6. The molecule has 0 heterocycles. The molecule has 0 radical (unpaired) electrons. The molecule has 0 saturated carbocycles. The number of nitrogens with one attached hydrogen (secondary N) is 2. The number of carboxylic acid groups (broad SMARTS) is 1. The molecule has 0 spiro atoms. The van der Waals surface area contributed by atoms with Crippen molar-refractivity contribution in [2.75, 3.05) is 5.75 Å². The number of carbonyl (C=O) groups is 3. The summed E-state index contributed by atoms with van der Waals surface area (Å²) >= 11 is 3.86. The summed E-state index contributed by atoms with van der Waals surface area (Å²) < 4.78 is 0. The fraction of sp³-hybridized carbons (Fsp3) is 0.727. The van der Waals surface area contributed by atoms with Crippen LogP contribution in [0.1, 0.15) is 33.1 Å². The monoisotopic (exact) mass is 276 g/mol. The van der Waals surface area contributed by atoms with E-state index in [9.17, 15) is 14.4 Å². The Bertz CT molecular complexity index is 309. The Morgan fingerprint density at radius 2 is 1.83 bits per heavy atom. The Morgan fingerprint density at radius 3 is 2.22 bits per heavy atom. The first-order valence-corrected chi connectivity index (χ1v) is 6.46. The second-order valence-electron chi connectivity index (χ2n) is 3.98. The number of aliphatic carboxylic acids is 1. The molecule has 0 aromatic heterocycles. The van der Waals surface area contributed by atoms with Crippen LogP contribution < -0.4 is 10.6 Å². The van der Waals surface area contributed by atoms with Crippen molar-refractivity contribution in [3.05, 3.63) is 0 Å². The summed E-state index contributed by atoms with van der Waals surface area (Å²) in [6.45, 7) is 3.29. The van der Waals surface area contributed by atoms with Gasteiger partial charge in [0, 0.05) is 12.7 Å². The second-order valence-corrected chi connectivity index (χ2v) is 4.34. The molecular formula is C11H20N2O4S. The summed E-state index contributed by atoms with van der Waals surface area (Å²) in [5.74, 6) is -1.94. The molecule has 18 heavy (non-hydrogen) atoms.